The number of anilines is 2. The largest absolute Gasteiger partial charge is 0.388 e. The predicted octanol–water partition coefficient (Wildman–Crippen LogP) is 2.02. The molecule has 0 bridgehead atoms. The van der Waals surface area contributed by atoms with Crippen LogP contribution in [-0.2, 0) is 0 Å². The summed E-state index contributed by atoms with van der Waals surface area (Å²) in [6.45, 7) is 0. The zero-order chi connectivity index (χ0) is 13.1. The molecule has 0 aliphatic carbocycles. The van der Waals surface area contributed by atoms with E-state index in [0.717, 1.165) is 0 Å². The maximum atomic E-state index is 13.1. The van der Waals surface area contributed by atoms with E-state index in [-0.39, 0.29) is 10.8 Å². The van der Waals surface area contributed by atoms with E-state index in [4.69, 9.17) is 18.0 Å². The van der Waals surface area contributed by atoms with Crippen LogP contribution in [0.2, 0.25) is 0 Å². The first-order valence-corrected chi connectivity index (χ1v) is 5.61. The van der Waals surface area contributed by atoms with Crippen molar-refractivity contribution in [3.8, 4) is 0 Å². The molecule has 6 heteroatoms. The quantitative estimate of drug-likeness (QED) is 0.858. The van der Waals surface area contributed by atoms with Gasteiger partial charge in [0, 0.05) is 18.9 Å². The molecular weight excluding hydrogens is 251 g/mol. The van der Waals surface area contributed by atoms with Crippen LogP contribution in [0.1, 0.15) is 5.69 Å². The van der Waals surface area contributed by atoms with Crippen LogP contribution in [0.15, 0.2) is 36.5 Å². The van der Waals surface area contributed by atoms with Crippen molar-refractivity contribution in [2.45, 2.75) is 0 Å². The number of nitrogens with zero attached hydrogens (tertiary/aromatic N) is 3. The average molecular weight is 262 g/mol. The monoisotopic (exact) mass is 262 g/mol. The van der Waals surface area contributed by atoms with Gasteiger partial charge in [-0.2, -0.15) is 0 Å². The molecule has 0 saturated carbocycles. The third-order valence-corrected chi connectivity index (χ3v) is 2.60. The van der Waals surface area contributed by atoms with Crippen molar-refractivity contribution in [3.63, 3.8) is 0 Å². The van der Waals surface area contributed by atoms with E-state index in [1.54, 1.807) is 36.3 Å². The normalized spacial score (nSPS) is 10.1. The molecule has 0 aliphatic heterocycles. The Morgan fingerprint density at radius 1 is 1.39 bits per heavy atom. The van der Waals surface area contributed by atoms with Crippen LogP contribution in [0, 0.1) is 5.82 Å². The van der Waals surface area contributed by atoms with E-state index in [2.05, 4.69) is 9.97 Å². The van der Waals surface area contributed by atoms with Crippen LogP contribution in [0.25, 0.3) is 0 Å². The van der Waals surface area contributed by atoms with E-state index >= 15 is 0 Å². The number of nitrogens with two attached hydrogens (primary N) is 1. The smallest absolute Gasteiger partial charge is 0.230 e. The van der Waals surface area contributed by atoms with Crippen LogP contribution in [0.3, 0.4) is 0 Å². The highest BCUT2D eigenvalue weighted by atomic mass is 32.1. The lowest BCUT2D eigenvalue weighted by Crippen LogP contribution is -2.17. The minimum Gasteiger partial charge on any atom is -0.388 e. The average Bonchev–Trinajstić information content (AvgIpc) is 2.38. The van der Waals surface area contributed by atoms with Crippen LogP contribution in [0.5, 0.6) is 0 Å². The lowest BCUT2D eigenvalue weighted by molar-refractivity contribution is 0.628. The zero-order valence-electron chi connectivity index (χ0n) is 9.67. The fourth-order valence-electron chi connectivity index (χ4n) is 1.45. The van der Waals surface area contributed by atoms with Crippen molar-refractivity contribution >= 4 is 28.8 Å². The molecule has 0 unspecified atom stereocenters. The zero-order valence-corrected chi connectivity index (χ0v) is 10.5. The van der Waals surface area contributed by atoms with Crippen molar-refractivity contribution in [2.24, 2.45) is 5.73 Å². The summed E-state index contributed by atoms with van der Waals surface area (Å²) in [4.78, 5) is 10.2. The summed E-state index contributed by atoms with van der Waals surface area (Å²) >= 11 is 4.85. The molecule has 1 aromatic heterocycles. The summed E-state index contributed by atoms with van der Waals surface area (Å²) in [6.07, 6.45) is 1.56. The Balaban J connectivity index is 2.36. The van der Waals surface area contributed by atoms with Gasteiger partial charge in [0.25, 0.3) is 0 Å². The Morgan fingerprint density at radius 3 is 2.83 bits per heavy atom. The third-order valence-electron chi connectivity index (χ3n) is 2.39. The molecule has 92 valence electrons. The first-order chi connectivity index (χ1) is 8.58. The van der Waals surface area contributed by atoms with E-state index < -0.39 is 0 Å². The Morgan fingerprint density at radius 2 is 2.17 bits per heavy atom. The van der Waals surface area contributed by atoms with E-state index in [0.29, 0.717) is 17.3 Å². The topological polar surface area (TPSA) is 55.0 Å². The number of benzene rings is 1. The summed E-state index contributed by atoms with van der Waals surface area (Å²) in [5, 5.41) is 0. The second kappa shape index (κ2) is 5.05. The standard InChI is InChI=1S/C12H11FN4S/c1-17(9-4-2-3-8(13)7-9)12-15-6-5-10(16-12)11(14)18/h2-7H,1H3,(H2,14,18). The van der Waals surface area contributed by atoms with Crippen LogP contribution in [0.4, 0.5) is 16.0 Å². The van der Waals surface area contributed by atoms with Crippen molar-refractivity contribution < 1.29 is 4.39 Å². The van der Waals surface area contributed by atoms with Crippen molar-refractivity contribution in [1.82, 2.24) is 9.97 Å². The van der Waals surface area contributed by atoms with Gasteiger partial charge in [0.15, 0.2) is 0 Å². The maximum Gasteiger partial charge on any atom is 0.230 e. The number of hydrogen-bond donors (Lipinski definition) is 1. The molecule has 0 fully saturated rings. The maximum absolute atomic E-state index is 13.1. The van der Waals surface area contributed by atoms with Gasteiger partial charge in [0.2, 0.25) is 5.95 Å². The van der Waals surface area contributed by atoms with Crippen molar-refractivity contribution in [1.29, 1.82) is 0 Å². The van der Waals surface area contributed by atoms with Gasteiger partial charge in [-0.1, -0.05) is 18.3 Å². The van der Waals surface area contributed by atoms with Crippen LogP contribution in [-0.4, -0.2) is 22.0 Å². The number of aromatic nitrogens is 2. The molecule has 0 spiro atoms. The van der Waals surface area contributed by atoms with Crippen molar-refractivity contribution in [3.05, 3.63) is 48.0 Å². The first-order valence-electron chi connectivity index (χ1n) is 5.20. The Bertz CT molecular complexity index is 588. The number of halogens is 1. The fraction of sp³-hybridized carbons (Fsp3) is 0.0833. The molecule has 0 saturated heterocycles. The highest BCUT2D eigenvalue weighted by molar-refractivity contribution is 7.80. The molecule has 2 N–H and O–H groups in total. The molecule has 2 rings (SSSR count). The summed E-state index contributed by atoms with van der Waals surface area (Å²) in [5.41, 5.74) is 6.64. The Hall–Kier alpha value is -2.08. The fourth-order valence-corrected chi connectivity index (χ4v) is 1.56. The second-order valence-electron chi connectivity index (χ2n) is 3.65. The number of thiocarbonyl (C=S) groups is 1. The molecular formula is C12H11FN4S. The highest BCUT2D eigenvalue weighted by Gasteiger charge is 2.09. The lowest BCUT2D eigenvalue weighted by Gasteiger charge is -2.17. The molecule has 0 radical (unpaired) electrons. The van der Waals surface area contributed by atoms with Gasteiger partial charge in [0.1, 0.15) is 16.5 Å². The third kappa shape index (κ3) is 2.60. The second-order valence-corrected chi connectivity index (χ2v) is 4.08. The summed E-state index contributed by atoms with van der Waals surface area (Å²) < 4.78 is 13.1. The van der Waals surface area contributed by atoms with Gasteiger partial charge in [-0.3, -0.25) is 0 Å². The number of rotatable bonds is 3. The minimum absolute atomic E-state index is 0.200. The molecule has 4 nitrogen and oxygen atoms in total. The van der Waals surface area contributed by atoms with Crippen molar-refractivity contribution in [2.75, 3.05) is 11.9 Å². The highest BCUT2D eigenvalue weighted by Crippen LogP contribution is 2.20. The molecule has 0 amide bonds. The summed E-state index contributed by atoms with van der Waals surface area (Å²) in [5.74, 6) is 0.0933. The van der Waals surface area contributed by atoms with Gasteiger partial charge < -0.3 is 10.6 Å². The van der Waals surface area contributed by atoms with E-state index in [1.165, 1.54) is 12.1 Å². The van der Waals surface area contributed by atoms with Gasteiger partial charge in [-0.05, 0) is 24.3 Å². The Kier molecular flexibility index (Phi) is 3.47. The SMILES string of the molecule is CN(c1cccc(F)c1)c1nccc(C(N)=S)n1. The minimum atomic E-state index is -0.315. The molecule has 2 aromatic rings. The number of hydrogen-bond acceptors (Lipinski definition) is 4. The molecule has 1 aromatic carbocycles. The van der Waals surface area contributed by atoms with Gasteiger partial charge in [0.05, 0.1) is 0 Å². The van der Waals surface area contributed by atoms with E-state index in [9.17, 15) is 4.39 Å². The molecule has 1 heterocycles. The summed E-state index contributed by atoms with van der Waals surface area (Å²) in [6, 6.07) is 7.80. The van der Waals surface area contributed by atoms with Gasteiger partial charge in [-0.15, -0.1) is 0 Å². The predicted molar refractivity (Wildman–Crippen MR) is 72.4 cm³/mol. The summed E-state index contributed by atoms with van der Waals surface area (Å²) in [7, 11) is 1.74. The Labute approximate surface area is 109 Å². The molecule has 18 heavy (non-hydrogen) atoms. The van der Waals surface area contributed by atoms with Crippen LogP contribution < -0.4 is 10.6 Å². The van der Waals surface area contributed by atoms with Gasteiger partial charge >= 0.3 is 0 Å². The van der Waals surface area contributed by atoms with E-state index in [1.807, 2.05) is 0 Å². The molecule has 0 atom stereocenters. The van der Waals surface area contributed by atoms with Crippen LogP contribution >= 0.6 is 12.2 Å². The van der Waals surface area contributed by atoms with Gasteiger partial charge in [-0.25, -0.2) is 14.4 Å². The lowest BCUT2D eigenvalue weighted by atomic mass is 10.3. The molecule has 0 aliphatic rings. The first kappa shape index (κ1) is 12.4.